The molecule has 116 valence electrons. The molecule has 5 nitrogen and oxygen atoms in total. The summed E-state index contributed by atoms with van der Waals surface area (Å²) in [6.07, 6.45) is 0. The monoisotopic (exact) mass is 448 g/mol. The maximum absolute atomic E-state index is 12.5. The molecule has 2 aromatic carbocycles. The molecule has 8 heteroatoms. The highest BCUT2D eigenvalue weighted by Gasteiger charge is 2.26. The lowest BCUT2D eigenvalue weighted by atomic mass is 10.3. The molecule has 0 fully saturated rings. The molecule has 0 unspecified atom stereocenters. The van der Waals surface area contributed by atoms with Crippen LogP contribution in [0.5, 0.6) is 11.5 Å². The van der Waals surface area contributed by atoms with Crippen LogP contribution in [0.15, 0.2) is 56.3 Å². The van der Waals surface area contributed by atoms with Crippen molar-refractivity contribution in [2.45, 2.75) is 11.8 Å². The lowest BCUT2D eigenvalue weighted by Gasteiger charge is -2.13. The van der Waals surface area contributed by atoms with Crippen molar-refractivity contribution < 1.29 is 22.1 Å². The van der Waals surface area contributed by atoms with Crippen LogP contribution in [0.4, 0.5) is 0 Å². The van der Waals surface area contributed by atoms with Crippen molar-refractivity contribution in [3.8, 4) is 11.5 Å². The molecule has 0 radical (unpaired) electrons. The van der Waals surface area contributed by atoms with Gasteiger partial charge in [-0.25, -0.2) is 0 Å². The van der Waals surface area contributed by atoms with Crippen LogP contribution in [-0.2, 0) is 14.9 Å². The zero-order chi connectivity index (χ0) is 16.3. The highest BCUT2D eigenvalue weighted by molar-refractivity contribution is 9.11. The first-order valence-corrected chi connectivity index (χ1v) is 8.96. The molecule has 0 bridgehead atoms. The number of hydrogen-bond donors (Lipinski definition) is 0. The standard InChI is InChI=1S/C14H10Br2O5S/c1-9(17)20-14-12(16)7-10(15)8-13(14)22(18,19)21-11-5-3-2-4-6-11/h2-8H,1H3. The number of para-hydroxylation sites is 1. The first kappa shape index (κ1) is 17.0. The topological polar surface area (TPSA) is 69.7 Å². The quantitative estimate of drug-likeness (QED) is 0.402. The summed E-state index contributed by atoms with van der Waals surface area (Å²) in [5.74, 6) is -0.599. The highest BCUT2D eigenvalue weighted by atomic mass is 79.9. The van der Waals surface area contributed by atoms with Crippen LogP contribution in [0.2, 0.25) is 0 Å². The molecule has 2 rings (SSSR count). The molecular weight excluding hydrogens is 440 g/mol. The fourth-order valence-corrected chi connectivity index (χ4v) is 4.31. The zero-order valence-corrected chi connectivity index (χ0v) is 15.2. The first-order chi connectivity index (χ1) is 10.3. The molecule has 0 spiro atoms. The normalized spacial score (nSPS) is 11.0. The lowest BCUT2D eigenvalue weighted by Crippen LogP contribution is -2.13. The minimum absolute atomic E-state index is 0.119. The number of rotatable bonds is 4. The summed E-state index contributed by atoms with van der Waals surface area (Å²) in [6.45, 7) is 1.18. The molecule has 0 amide bonds. The van der Waals surface area contributed by atoms with Crippen molar-refractivity contribution in [1.29, 1.82) is 0 Å². The van der Waals surface area contributed by atoms with Gasteiger partial charge in [0.05, 0.1) is 4.47 Å². The maximum atomic E-state index is 12.5. The van der Waals surface area contributed by atoms with E-state index in [1.165, 1.54) is 25.1 Å². The van der Waals surface area contributed by atoms with Crippen molar-refractivity contribution in [3.05, 3.63) is 51.4 Å². The van der Waals surface area contributed by atoms with Crippen molar-refractivity contribution in [3.63, 3.8) is 0 Å². The van der Waals surface area contributed by atoms with E-state index in [0.717, 1.165) is 0 Å². The fourth-order valence-electron chi connectivity index (χ4n) is 1.61. The number of carbonyl (C=O) groups is 1. The Morgan fingerprint density at radius 1 is 1.09 bits per heavy atom. The fraction of sp³-hybridized carbons (Fsp3) is 0.0714. The van der Waals surface area contributed by atoms with Gasteiger partial charge >= 0.3 is 16.1 Å². The molecule has 0 aromatic heterocycles. The summed E-state index contributed by atoms with van der Waals surface area (Å²) in [4.78, 5) is 10.9. The Morgan fingerprint density at radius 3 is 2.32 bits per heavy atom. The molecule has 0 aliphatic heterocycles. The average molecular weight is 450 g/mol. The van der Waals surface area contributed by atoms with Crippen LogP contribution in [-0.4, -0.2) is 14.4 Å². The lowest BCUT2D eigenvalue weighted by molar-refractivity contribution is -0.132. The highest BCUT2D eigenvalue weighted by Crippen LogP contribution is 2.37. The third kappa shape index (κ3) is 4.08. The SMILES string of the molecule is CC(=O)Oc1c(Br)cc(Br)cc1S(=O)(=O)Oc1ccccc1. The van der Waals surface area contributed by atoms with Gasteiger partial charge in [-0.05, 0) is 40.2 Å². The van der Waals surface area contributed by atoms with Crippen molar-refractivity contribution in [2.75, 3.05) is 0 Å². The zero-order valence-electron chi connectivity index (χ0n) is 11.2. The second-order valence-corrected chi connectivity index (χ2v) is 7.44. The van der Waals surface area contributed by atoms with Gasteiger partial charge in [-0.3, -0.25) is 4.79 Å². The second-order valence-electron chi connectivity index (χ2n) is 4.16. The Kier molecular flexibility index (Phi) is 5.25. The third-order valence-electron chi connectivity index (χ3n) is 2.44. The van der Waals surface area contributed by atoms with E-state index in [-0.39, 0.29) is 16.4 Å². The molecule has 0 heterocycles. The maximum Gasteiger partial charge on any atom is 0.343 e. The summed E-state index contributed by atoms with van der Waals surface area (Å²) in [6, 6.07) is 10.9. The van der Waals surface area contributed by atoms with Crippen molar-refractivity contribution >= 4 is 47.9 Å². The van der Waals surface area contributed by atoms with Crippen LogP contribution in [0.3, 0.4) is 0 Å². The summed E-state index contributed by atoms with van der Waals surface area (Å²) < 4.78 is 35.8. The number of halogens is 2. The third-order valence-corrected chi connectivity index (χ3v) is 4.74. The molecule has 22 heavy (non-hydrogen) atoms. The van der Waals surface area contributed by atoms with Gasteiger partial charge in [-0.2, -0.15) is 8.42 Å². The molecule has 0 aliphatic carbocycles. The second kappa shape index (κ2) is 6.80. The number of carbonyl (C=O) groups excluding carboxylic acids is 1. The largest absolute Gasteiger partial charge is 0.424 e. The summed E-state index contributed by atoms with van der Waals surface area (Å²) >= 11 is 6.38. The van der Waals surface area contributed by atoms with Crippen LogP contribution in [0.25, 0.3) is 0 Å². The van der Waals surface area contributed by atoms with Crippen molar-refractivity contribution in [2.24, 2.45) is 0 Å². The van der Waals surface area contributed by atoms with Crippen LogP contribution in [0.1, 0.15) is 6.92 Å². The Morgan fingerprint density at radius 2 is 1.73 bits per heavy atom. The van der Waals surface area contributed by atoms with E-state index in [0.29, 0.717) is 8.95 Å². The molecular formula is C14H10Br2O5S. The Labute approximate surface area is 144 Å². The Bertz CT molecular complexity index is 803. The van der Waals surface area contributed by atoms with E-state index < -0.39 is 16.1 Å². The molecule has 0 saturated carbocycles. The Balaban J connectivity index is 2.52. The van der Waals surface area contributed by atoms with Gasteiger partial charge in [0, 0.05) is 11.4 Å². The molecule has 0 N–H and O–H groups in total. The molecule has 0 atom stereocenters. The van der Waals surface area contributed by atoms with Gasteiger partial charge in [-0.15, -0.1) is 0 Å². The van der Waals surface area contributed by atoms with Gasteiger partial charge in [0.2, 0.25) is 0 Å². The number of benzene rings is 2. The smallest absolute Gasteiger partial charge is 0.343 e. The van der Waals surface area contributed by atoms with Gasteiger partial charge in [0.1, 0.15) is 5.75 Å². The van der Waals surface area contributed by atoms with Crippen LogP contribution >= 0.6 is 31.9 Å². The summed E-state index contributed by atoms with van der Waals surface area (Å²) in [7, 11) is -4.17. The number of ether oxygens (including phenoxy) is 1. The number of hydrogen-bond acceptors (Lipinski definition) is 5. The van der Waals surface area contributed by atoms with Gasteiger partial charge < -0.3 is 8.92 Å². The Hall–Kier alpha value is -1.38. The van der Waals surface area contributed by atoms with Crippen LogP contribution < -0.4 is 8.92 Å². The van der Waals surface area contributed by atoms with Crippen LogP contribution in [0, 0.1) is 0 Å². The summed E-state index contributed by atoms with van der Waals surface area (Å²) in [5, 5.41) is 0. The minimum atomic E-state index is -4.17. The van der Waals surface area contributed by atoms with Gasteiger partial charge in [-0.1, -0.05) is 34.1 Å². The van der Waals surface area contributed by atoms with E-state index in [2.05, 4.69) is 31.9 Å². The molecule has 2 aromatic rings. The van der Waals surface area contributed by atoms with E-state index in [1.807, 2.05) is 0 Å². The predicted octanol–water partition coefficient (Wildman–Crippen LogP) is 3.90. The predicted molar refractivity (Wildman–Crippen MR) is 87.4 cm³/mol. The van der Waals surface area contributed by atoms with Gasteiger partial charge in [0.15, 0.2) is 10.6 Å². The van der Waals surface area contributed by atoms with E-state index in [1.54, 1.807) is 24.3 Å². The van der Waals surface area contributed by atoms with E-state index in [4.69, 9.17) is 8.92 Å². The van der Waals surface area contributed by atoms with Crippen molar-refractivity contribution in [1.82, 2.24) is 0 Å². The van der Waals surface area contributed by atoms with Gasteiger partial charge in [0.25, 0.3) is 0 Å². The summed E-state index contributed by atoms with van der Waals surface area (Å²) in [5.41, 5.74) is 0. The average Bonchev–Trinajstić information content (AvgIpc) is 2.41. The minimum Gasteiger partial charge on any atom is -0.424 e. The van der Waals surface area contributed by atoms with E-state index >= 15 is 0 Å². The molecule has 0 saturated heterocycles. The van der Waals surface area contributed by atoms with E-state index in [9.17, 15) is 13.2 Å². The molecule has 0 aliphatic rings. The first-order valence-electron chi connectivity index (χ1n) is 5.96. The number of esters is 1.